The standard InChI is InChI=1S/C60H48N2/c1-7-47-51-35-36-52-50-34-32-46(38-56(50)62(58(52)57(51)60(5,6)53(47)8-2)44-29-25-42(26-30-44)40-19-13-10-14-20-40)61(43-27-23-41(24-28-43)39-17-11-9-12-18-39)45-31-33-49-48-21-15-16-22-54(48)59(3,4)55(49)37-45/h7-38H,1-2H2,3-6H3. The molecule has 0 amide bonds. The summed E-state index contributed by atoms with van der Waals surface area (Å²) in [7, 11) is 0. The molecule has 0 saturated heterocycles. The zero-order valence-electron chi connectivity index (χ0n) is 35.8. The molecule has 2 aliphatic carbocycles. The van der Waals surface area contributed by atoms with E-state index in [0.717, 1.165) is 33.8 Å². The highest BCUT2D eigenvalue weighted by Crippen LogP contribution is 2.53. The maximum Gasteiger partial charge on any atom is 0.0588 e. The van der Waals surface area contributed by atoms with Crippen LogP contribution in [0.3, 0.4) is 0 Å². The molecule has 1 heterocycles. The highest BCUT2D eigenvalue weighted by molar-refractivity contribution is 6.14. The third kappa shape index (κ3) is 5.56. The number of allylic oxidation sites excluding steroid dienone is 4. The topological polar surface area (TPSA) is 8.17 Å². The first-order valence-corrected chi connectivity index (χ1v) is 21.7. The Balaban J connectivity index is 1.16. The fourth-order valence-corrected chi connectivity index (χ4v) is 10.7. The Morgan fingerprint density at radius 3 is 1.65 bits per heavy atom. The van der Waals surface area contributed by atoms with E-state index in [1.807, 2.05) is 12.2 Å². The largest absolute Gasteiger partial charge is 0.310 e. The van der Waals surface area contributed by atoms with Crippen molar-refractivity contribution >= 4 is 44.4 Å². The van der Waals surface area contributed by atoms with Gasteiger partial charge in [-0.3, -0.25) is 0 Å². The fourth-order valence-electron chi connectivity index (χ4n) is 10.7. The van der Waals surface area contributed by atoms with Crippen molar-refractivity contribution < 1.29 is 0 Å². The first kappa shape index (κ1) is 37.6. The van der Waals surface area contributed by atoms with Gasteiger partial charge in [0.15, 0.2) is 0 Å². The van der Waals surface area contributed by atoms with Crippen molar-refractivity contribution in [3.8, 4) is 39.1 Å². The molecule has 0 bridgehead atoms. The van der Waals surface area contributed by atoms with Crippen LogP contribution in [0.4, 0.5) is 17.1 Å². The molecule has 2 aliphatic rings. The molecule has 1 aromatic heterocycles. The summed E-state index contributed by atoms with van der Waals surface area (Å²) in [6.07, 6.45) is 4.04. The van der Waals surface area contributed by atoms with Crippen LogP contribution in [0.25, 0.3) is 66.4 Å². The molecule has 9 aromatic rings. The molecule has 2 heteroatoms. The lowest BCUT2D eigenvalue weighted by molar-refractivity contribution is 0.658. The highest BCUT2D eigenvalue weighted by Gasteiger charge is 2.39. The van der Waals surface area contributed by atoms with Crippen LogP contribution in [0, 0.1) is 0 Å². The Bertz CT molecular complexity index is 3290. The first-order valence-electron chi connectivity index (χ1n) is 21.7. The molecule has 2 nitrogen and oxygen atoms in total. The van der Waals surface area contributed by atoms with Crippen molar-refractivity contribution in [2.45, 2.75) is 38.5 Å². The Hall–Kier alpha value is -7.42. The summed E-state index contributed by atoms with van der Waals surface area (Å²) in [6, 6.07) is 67.0. The number of anilines is 3. The second-order valence-electron chi connectivity index (χ2n) is 17.8. The van der Waals surface area contributed by atoms with Gasteiger partial charge in [-0.15, -0.1) is 0 Å². The van der Waals surface area contributed by atoms with Gasteiger partial charge in [-0.1, -0.05) is 186 Å². The first-order chi connectivity index (χ1) is 30.2. The van der Waals surface area contributed by atoms with Gasteiger partial charge in [-0.2, -0.15) is 0 Å². The third-order valence-electron chi connectivity index (χ3n) is 13.7. The van der Waals surface area contributed by atoms with E-state index in [2.05, 4.69) is 232 Å². The molecule has 0 N–H and O–H groups in total. The molecule has 0 saturated carbocycles. The fraction of sp³-hybridized carbons (Fsp3) is 0.100. The summed E-state index contributed by atoms with van der Waals surface area (Å²) in [5.74, 6) is 0. The normalized spacial score (nSPS) is 14.5. The van der Waals surface area contributed by atoms with E-state index < -0.39 is 0 Å². The second-order valence-corrected chi connectivity index (χ2v) is 17.8. The van der Waals surface area contributed by atoms with Crippen LogP contribution in [-0.4, -0.2) is 4.57 Å². The van der Waals surface area contributed by atoms with Crippen LogP contribution < -0.4 is 4.90 Å². The molecule has 0 spiro atoms. The Labute approximate surface area is 365 Å². The lowest BCUT2D eigenvalue weighted by atomic mass is 9.80. The number of fused-ring (bicyclic) bond motifs is 8. The zero-order valence-corrected chi connectivity index (χ0v) is 35.8. The number of hydrogen-bond acceptors (Lipinski definition) is 1. The molecule has 0 unspecified atom stereocenters. The SMILES string of the molecule is C=CC1=C(C=C)C(C)(C)c2c1ccc1c3ccc(N(c4ccc(-c5ccccc5)cc4)c4ccc5c(c4)C(C)(C)c4ccccc4-5)cc3n(-c3ccc(-c4ccccc4)cc3)c21. The van der Waals surface area contributed by atoms with Gasteiger partial charge in [0.2, 0.25) is 0 Å². The van der Waals surface area contributed by atoms with Crippen molar-refractivity contribution in [2.75, 3.05) is 4.90 Å². The molecule has 0 radical (unpaired) electrons. The molecular weight excluding hydrogens is 749 g/mol. The van der Waals surface area contributed by atoms with Crippen LogP contribution in [-0.2, 0) is 10.8 Å². The summed E-state index contributed by atoms with van der Waals surface area (Å²) in [5, 5.41) is 2.45. The van der Waals surface area contributed by atoms with Crippen molar-refractivity contribution in [3.63, 3.8) is 0 Å². The Morgan fingerprint density at radius 1 is 0.452 bits per heavy atom. The van der Waals surface area contributed by atoms with Crippen LogP contribution in [0.5, 0.6) is 0 Å². The molecule has 0 fully saturated rings. The van der Waals surface area contributed by atoms with Gasteiger partial charge < -0.3 is 9.47 Å². The van der Waals surface area contributed by atoms with Gasteiger partial charge in [0, 0.05) is 44.4 Å². The van der Waals surface area contributed by atoms with E-state index in [-0.39, 0.29) is 10.8 Å². The van der Waals surface area contributed by atoms with Gasteiger partial charge in [0.25, 0.3) is 0 Å². The minimum atomic E-state index is -0.291. The van der Waals surface area contributed by atoms with E-state index in [0.29, 0.717) is 0 Å². The molecule has 11 rings (SSSR count). The molecule has 0 atom stereocenters. The van der Waals surface area contributed by atoms with E-state index >= 15 is 0 Å². The lowest BCUT2D eigenvalue weighted by Crippen LogP contribution is -2.17. The number of rotatable bonds is 8. The lowest BCUT2D eigenvalue weighted by Gasteiger charge is -2.28. The van der Waals surface area contributed by atoms with Gasteiger partial charge in [0.05, 0.1) is 11.0 Å². The number of nitrogens with zero attached hydrogens (tertiary/aromatic N) is 2. The van der Waals surface area contributed by atoms with E-state index in [1.54, 1.807) is 0 Å². The average molecular weight is 797 g/mol. The van der Waals surface area contributed by atoms with E-state index in [4.69, 9.17) is 0 Å². The Morgan fingerprint density at radius 2 is 0.984 bits per heavy atom. The summed E-state index contributed by atoms with van der Waals surface area (Å²) in [6.45, 7) is 18.0. The monoisotopic (exact) mass is 796 g/mol. The highest BCUT2D eigenvalue weighted by atomic mass is 15.1. The minimum absolute atomic E-state index is 0.136. The Kier molecular flexibility index (Phi) is 8.53. The molecule has 0 aliphatic heterocycles. The van der Waals surface area contributed by atoms with Gasteiger partial charge in [0.1, 0.15) is 0 Å². The maximum atomic E-state index is 4.30. The van der Waals surface area contributed by atoms with E-state index in [9.17, 15) is 0 Å². The van der Waals surface area contributed by atoms with E-state index in [1.165, 1.54) is 77.5 Å². The predicted molar refractivity (Wildman–Crippen MR) is 264 cm³/mol. The van der Waals surface area contributed by atoms with Crippen LogP contribution >= 0.6 is 0 Å². The third-order valence-corrected chi connectivity index (χ3v) is 13.7. The second kappa shape index (κ2) is 14.1. The van der Waals surface area contributed by atoms with Gasteiger partial charge >= 0.3 is 0 Å². The quantitative estimate of drug-likeness (QED) is 0.149. The van der Waals surface area contributed by atoms with Gasteiger partial charge in [-0.05, 0) is 115 Å². The smallest absolute Gasteiger partial charge is 0.0588 e. The van der Waals surface area contributed by atoms with Crippen LogP contribution in [0.2, 0.25) is 0 Å². The summed E-state index contributed by atoms with van der Waals surface area (Å²) < 4.78 is 2.51. The zero-order chi connectivity index (χ0) is 42.3. The van der Waals surface area contributed by atoms with Crippen LogP contribution in [0.1, 0.15) is 49.9 Å². The van der Waals surface area contributed by atoms with Crippen molar-refractivity contribution in [1.82, 2.24) is 4.57 Å². The summed E-state index contributed by atoms with van der Waals surface area (Å²) in [5.41, 5.74) is 21.4. The molecular formula is C60H48N2. The molecule has 8 aromatic carbocycles. The number of hydrogen-bond donors (Lipinski definition) is 0. The summed E-state index contributed by atoms with van der Waals surface area (Å²) in [4.78, 5) is 2.44. The molecule has 298 valence electrons. The van der Waals surface area contributed by atoms with Crippen molar-refractivity contribution in [2.24, 2.45) is 0 Å². The number of benzene rings is 8. The minimum Gasteiger partial charge on any atom is -0.310 e. The summed E-state index contributed by atoms with van der Waals surface area (Å²) >= 11 is 0. The predicted octanol–water partition coefficient (Wildman–Crippen LogP) is 16.3. The number of aromatic nitrogens is 1. The average Bonchev–Trinajstić information content (AvgIpc) is 3.85. The molecule has 62 heavy (non-hydrogen) atoms. The van der Waals surface area contributed by atoms with Crippen molar-refractivity contribution in [3.05, 3.63) is 235 Å². The van der Waals surface area contributed by atoms with Crippen molar-refractivity contribution in [1.29, 1.82) is 0 Å². The maximum absolute atomic E-state index is 4.30. The van der Waals surface area contributed by atoms with Crippen LogP contribution in [0.15, 0.2) is 213 Å². The van der Waals surface area contributed by atoms with Gasteiger partial charge in [-0.25, -0.2) is 0 Å².